The van der Waals surface area contributed by atoms with Crippen LogP contribution < -0.4 is 5.32 Å². The lowest BCUT2D eigenvalue weighted by Crippen LogP contribution is -2.30. The summed E-state index contributed by atoms with van der Waals surface area (Å²) in [5.41, 5.74) is 3.61. The molecule has 0 atom stereocenters. The SMILES string of the molecule is Cc1cc(CNC2CCCCC2)c2ccccc2n1. The Labute approximate surface area is 115 Å². The molecule has 0 amide bonds. The van der Waals surface area contributed by atoms with Crippen molar-refractivity contribution in [1.29, 1.82) is 0 Å². The van der Waals surface area contributed by atoms with Gasteiger partial charge in [-0.25, -0.2) is 0 Å². The van der Waals surface area contributed by atoms with Gasteiger partial charge >= 0.3 is 0 Å². The van der Waals surface area contributed by atoms with Crippen LogP contribution in [-0.4, -0.2) is 11.0 Å². The van der Waals surface area contributed by atoms with Crippen molar-refractivity contribution < 1.29 is 0 Å². The van der Waals surface area contributed by atoms with Gasteiger partial charge in [-0.15, -0.1) is 0 Å². The van der Waals surface area contributed by atoms with Crippen LogP contribution in [-0.2, 0) is 6.54 Å². The second-order valence-electron chi connectivity index (χ2n) is 5.66. The third-order valence-electron chi connectivity index (χ3n) is 4.12. The van der Waals surface area contributed by atoms with E-state index in [9.17, 15) is 0 Å². The Kier molecular flexibility index (Phi) is 3.79. The topological polar surface area (TPSA) is 24.9 Å². The van der Waals surface area contributed by atoms with Crippen LogP contribution in [0.1, 0.15) is 43.4 Å². The lowest BCUT2D eigenvalue weighted by Gasteiger charge is -2.23. The summed E-state index contributed by atoms with van der Waals surface area (Å²) < 4.78 is 0. The van der Waals surface area contributed by atoms with Crippen LogP contribution >= 0.6 is 0 Å². The van der Waals surface area contributed by atoms with Gasteiger partial charge in [0.15, 0.2) is 0 Å². The van der Waals surface area contributed by atoms with Crippen LogP contribution in [0, 0.1) is 6.92 Å². The van der Waals surface area contributed by atoms with E-state index in [2.05, 4.69) is 47.6 Å². The number of benzene rings is 1. The summed E-state index contributed by atoms with van der Waals surface area (Å²) >= 11 is 0. The Morgan fingerprint density at radius 3 is 2.79 bits per heavy atom. The first-order valence-corrected chi connectivity index (χ1v) is 7.41. The van der Waals surface area contributed by atoms with E-state index in [0.717, 1.165) is 17.8 Å². The van der Waals surface area contributed by atoms with Gasteiger partial charge in [0.25, 0.3) is 0 Å². The van der Waals surface area contributed by atoms with Gasteiger partial charge in [-0.3, -0.25) is 4.98 Å². The number of nitrogens with zero attached hydrogens (tertiary/aromatic N) is 1. The molecule has 0 spiro atoms. The predicted octanol–water partition coefficient (Wildman–Crippen LogP) is 3.97. The maximum Gasteiger partial charge on any atom is 0.0708 e. The minimum Gasteiger partial charge on any atom is -0.310 e. The van der Waals surface area contributed by atoms with E-state index in [0.29, 0.717) is 6.04 Å². The van der Waals surface area contributed by atoms with Crippen molar-refractivity contribution in [2.45, 2.75) is 51.6 Å². The zero-order chi connectivity index (χ0) is 13.1. The fourth-order valence-corrected chi connectivity index (χ4v) is 3.10. The highest BCUT2D eigenvalue weighted by Crippen LogP contribution is 2.21. The van der Waals surface area contributed by atoms with Crippen molar-refractivity contribution in [3.63, 3.8) is 0 Å². The number of para-hydroxylation sites is 1. The number of rotatable bonds is 3. The van der Waals surface area contributed by atoms with E-state index < -0.39 is 0 Å². The fourth-order valence-electron chi connectivity index (χ4n) is 3.10. The molecule has 0 aliphatic heterocycles. The second-order valence-corrected chi connectivity index (χ2v) is 5.66. The van der Waals surface area contributed by atoms with Crippen molar-refractivity contribution in [3.05, 3.63) is 41.6 Å². The van der Waals surface area contributed by atoms with Gasteiger partial charge in [-0.2, -0.15) is 0 Å². The number of aromatic nitrogens is 1. The highest BCUT2D eigenvalue weighted by molar-refractivity contribution is 5.82. The summed E-state index contributed by atoms with van der Waals surface area (Å²) in [5.74, 6) is 0. The average Bonchev–Trinajstić information content (AvgIpc) is 2.45. The third-order valence-corrected chi connectivity index (χ3v) is 4.12. The molecule has 1 aliphatic carbocycles. The predicted molar refractivity (Wildman–Crippen MR) is 80.2 cm³/mol. The molecule has 1 saturated carbocycles. The number of hydrogen-bond acceptors (Lipinski definition) is 2. The van der Waals surface area contributed by atoms with E-state index in [4.69, 9.17) is 0 Å². The monoisotopic (exact) mass is 254 g/mol. The Morgan fingerprint density at radius 2 is 1.95 bits per heavy atom. The second kappa shape index (κ2) is 5.70. The Bertz CT molecular complexity index is 556. The lowest BCUT2D eigenvalue weighted by molar-refractivity contribution is 0.372. The molecule has 100 valence electrons. The molecule has 1 heterocycles. The number of nitrogens with one attached hydrogen (secondary N) is 1. The quantitative estimate of drug-likeness (QED) is 0.896. The normalized spacial score (nSPS) is 16.9. The van der Waals surface area contributed by atoms with Crippen LogP contribution in [0.5, 0.6) is 0 Å². The summed E-state index contributed by atoms with van der Waals surface area (Å²) in [5, 5.41) is 5.02. The molecule has 1 fully saturated rings. The van der Waals surface area contributed by atoms with Crippen molar-refractivity contribution in [3.8, 4) is 0 Å². The Hall–Kier alpha value is -1.41. The van der Waals surface area contributed by atoms with E-state index in [1.54, 1.807) is 0 Å². The maximum atomic E-state index is 4.60. The van der Waals surface area contributed by atoms with Crippen LogP contribution in [0.4, 0.5) is 0 Å². The van der Waals surface area contributed by atoms with Gasteiger partial charge in [-0.05, 0) is 37.5 Å². The molecule has 3 rings (SSSR count). The summed E-state index contributed by atoms with van der Waals surface area (Å²) in [4.78, 5) is 4.60. The minimum absolute atomic E-state index is 0.709. The minimum atomic E-state index is 0.709. The van der Waals surface area contributed by atoms with Gasteiger partial charge in [0.1, 0.15) is 0 Å². The summed E-state index contributed by atoms with van der Waals surface area (Å²) in [7, 11) is 0. The van der Waals surface area contributed by atoms with Crippen molar-refractivity contribution in [2.75, 3.05) is 0 Å². The van der Waals surface area contributed by atoms with Crippen LogP contribution in [0.15, 0.2) is 30.3 Å². The van der Waals surface area contributed by atoms with E-state index in [-0.39, 0.29) is 0 Å². The molecule has 0 bridgehead atoms. The molecule has 0 radical (unpaired) electrons. The number of pyridine rings is 1. The van der Waals surface area contributed by atoms with Crippen LogP contribution in [0.2, 0.25) is 0 Å². The van der Waals surface area contributed by atoms with Gasteiger partial charge in [-0.1, -0.05) is 37.5 Å². The molecule has 19 heavy (non-hydrogen) atoms. The molecule has 1 N–H and O–H groups in total. The van der Waals surface area contributed by atoms with Gasteiger partial charge in [0.05, 0.1) is 5.52 Å². The zero-order valence-electron chi connectivity index (χ0n) is 11.7. The molecule has 2 nitrogen and oxygen atoms in total. The van der Waals surface area contributed by atoms with Gasteiger partial charge in [0, 0.05) is 23.7 Å². The molecule has 0 unspecified atom stereocenters. The molecular formula is C17H22N2. The molecule has 2 aromatic rings. The molecule has 0 saturated heterocycles. The fraction of sp³-hybridized carbons (Fsp3) is 0.471. The lowest BCUT2D eigenvalue weighted by atomic mass is 9.95. The third kappa shape index (κ3) is 2.95. The summed E-state index contributed by atoms with van der Waals surface area (Å²) in [6.07, 6.45) is 6.85. The van der Waals surface area contributed by atoms with Gasteiger partial charge < -0.3 is 5.32 Å². The number of aryl methyl sites for hydroxylation is 1. The van der Waals surface area contributed by atoms with Crippen LogP contribution in [0.3, 0.4) is 0 Å². The first kappa shape index (κ1) is 12.6. The van der Waals surface area contributed by atoms with Crippen molar-refractivity contribution >= 4 is 10.9 Å². The first-order chi connectivity index (χ1) is 9.33. The smallest absolute Gasteiger partial charge is 0.0708 e. The molecular weight excluding hydrogens is 232 g/mol. The van der Waals surface area contributed by atoms with Crippen molar-refractivity contribution in [1.82, 2.24) is 10.3 Å². The van der Waals surface area contributed by atoms with Gasteiger partial charge in [0.2, 0.25) is 0 Å². The number of fused-ring (bicyclic) bond motifs is 1. The van der Waals surface area contributed by atoms with E-state index in [1.165, 1.54) is 43.1 Å². The largest absolute Gasteiger partial charge is 0.310 e. The standard InChI is InChI=1S/C17H22N2/c1-13-11-14(12-18-15-7-3-2-4-8-15)16-9-5-6-10-17(16)19-13/h5-6,9-11,15,18H,2-4,7-8,12H2,1H3. The van der Waals surface area contributed by atoms with Crippen LogP contribution in [0.25, 0.3) is 10.9 Å². The summed E-state index contributed by atoms with van der Waals surface area (Å²) in [6, 6.07) is 11.4. The molecule has 1 aromatic heterocycles. The molecule has 1 aliphatic rings. The summed E-state index contributed by atoms with van der Waals surface area (Å²) in [6.45, 7) is 3.05. The maximum absolute atomic E-state index is 4.60. The molecule has 2 heteroatoms. The van der Waals surface area contributed by atoms with E-state index >= 15 is 0 Å². The molecule has 1 aromatic carbocycles. The van der Waals surface area contributed by atoms with Crippen molar-refractivity contribution in [2.24, 2.45) is 0 Å². The Balaban J connectivity index is 1.79. The highest BCUT2D eigenvalue weighted by atomic mass is 14.9. The number of hydrogen-bond donors (Lipinski definition) is 1. The zero-order valence-corrected chi connectivity index (χ0v) is 11.7. The highest BCUT2D eigenvalue weighted by Gasteiger charge is 2.13. The Morgan fingerprint density at radius 1 is 1.16 bits per heavy atom. The average molecular weight is 254 g/mol. The van der Waals surface area contributed by atoms with E-state index in [1.807, 2.05) is 0 Å². The first-order valence-electron chi connectivity index (χ1n) is 7.41.